The smallest absolute Gasteiger partial charge is 0.252 e. The van der Waals surface area contributed by atoms with Crippen LogP contribution in [0.3, 0.4) is 0 Å². The van der Waals surface area contributed by atoms with Crippen molar-refractivity contribution in [2.75, 3.05) is 13.2 Å². The molecule has 2 atom stereocenters. The molecule has 2 aliphatic heterocycles. The van der Waals surface area contributed by atoms with E-state index in [0.717, 1.165) is 11.1 Å². The molecule has 202 valence electrons. The van der Waals surface area contributed by atoms with E-state index in [9.17, 15) is 13.2 Å². The highest BCUT2D eigenvalue weighted by molar-refractivity contribution is 7.89. The molecule has 2 saturated heterocycles. The van der Waals surface area contributed by atoms with E-state index < -0.39 is 26.6 Å². The van der Waals surface area contributed by atoms with Gasteiger partial charge >= 0.3 is 0 Å². The summed E-state index contributed by atoms with van der Waals surface area (Å²) in [5.41, 5.74) is 1.78. The van der Waals surface area contributed by atoms with Gasteiger partial charge in [0.05, 0.1) is 0 Å². The fourth-order valence-corrected chi connectivity index (χ4v) is 7.83. The number of rotatable bonds is 7. The SMILES string of the molecule is C[C@H]1CC[C@H](c2ccccc2)S(=O)(=O)N1Cc1ccc(C2(NCc3ccc[nH]c3=O)CCOCC2)cc1F. The van der Waals surface area contributed by atoms with Crippen LogP contribution in [0.5, 0.6) is 0 Å². The van der Waals surface area contributed by atoms with Crippen molar-refractivity contribution in [1.82, 2.24) is 14.6 Å². The second-order valence-corrected chi connectivity index (χ2v) is 12.4. The summed E-state index contributed by atoms with van der Waals surface area (Å²) in [6, 6.07) is 17.7. The Balaban J connectivity index is 1.39. The van der Waals surface area contributed by atoms with Crippen molar-refractivity contribution < 1.29 is 17.5 Å². The van der Waals surface area contributed by atoms with Gasteiger partial charge in [-0.15, -0.1) is 0 Å². The van der Waals surface area contributed by atoms with Crippen LogP contribution in [0.2, 0.25) is 0 Å². The summed E-state index contributed by atoms with van der Waals surface area (Å²) < 4.78 is 49.9. The Morgan fingerprint density at radius 2 is 1.82 bits per heavy atom. The van der Waals surface area contributed by atoms with E-state index in [-0.39, 0.29) is 18.1 Å². The molecule has 2 N–H and O–H groups in total. The third-order valence-corrected chi connectivity index (χ3v) is 10.4. The lowest BCUT2D eigenvalue weighted by molar-refractivity contribution is 0.0356. The third kappa shape index (κ3) is 5.33. The molecule has 38 heavy (non-hydrogen) atoms. The number of halogens is 1. The van der Waals surface area contributed by atoms with Gasteiger partial charge in [0.25, 0.3) is 5.56 Å². The maximum atomic E-state index is 15.6. The number of benzene rings is 2. The lowest BCUT2D eigenvalue weighted by Gasteiger charge is -2.39. The van der Waals surface area contributed by atoms with E-state index in [1.54, 1.807) is 24.4 Å². The number of H-pyrrole nitrogens is 1. The lowest BCUT2D eigenvalue weighted by Crippen LogP contribution is -2.47. The van der Waals surface area contributed by atoms with Crippen molar-refractivity contribution in [2.24, 2.45) is 0 Å². The first kappa shape index (κ1) is 26.7. The summed E-state index contributed by atoms with van der Waals surface area (Å²) in [6.07, 6.45) is 4.12. The van der Waals surface area contributed by atoms with Gasteiger partial charge in [-0.3, -0.25) is 4.79 Å². The normalized spacial score (nSPS) is 23.2. The highest BCUT2D eigenvalue weighted by Gasteiger charge is 2.41. The highest BCUT2D eigenvalue weighted by Crippen LogP contribution is 2.39. The minimum absolute atomic E-state index is 0.0120. The quantitative estimate of drug-likeness (QED) is 0.466. The van der Waals surface area contributed by atoms with Gasteiger partial charge < -0.3 is 15.0 Å². The van der Waals surface area contributed by atoms with Crippen LogP contribution in [-0.2, 0) is 33.4 Å². The fraction of sp³-hybridized carbons (Fsp3) is 0.414. The Kier molecular flexibility index (Phi) is 7.81. The van der Waals surface area contributed by atoms with Crippen LogP contribution in [0.1, 0.15) is 60.1 Å². The Hall–Kier alpha value is -2.85. The average molecular weight is 540 g/mol. The Morgan fingerprint density at radius 3 is 2.53 bits per heavy atom. The van der Waals surface area contributed by atoms with E-state index in [0.29, 0.717) is 56.6 Å². The van der Waals surface area contributed by atoms with Crippen LogP contribution in [-0.4, -0.2) is 37.0 Å². The number of hydrogen-bond donors (Lipinski definition) is 2. The van der Waals surface area contributed by atoms with E-state index in [4.69, 9.17) is 4.74 Å². The molecule has 0 radical (unpaired) electrons. The summed E-state index contributed by atoms with van der Waals surface area (Å²) in [7, 11) is -3.66. The van der Waals surface area contributed by atoms with E-state index in [1.807, 2.05) is 43.3 Å². The maximum absolute atomic E-state index is 15.6. The van der Waals surface area contributed by atoms with Gasteiger partial charge in [0, 0.05) is 55.2 Å². The number of ether oxygens (including phenoxy) is 1. The molecule has 1 aromatic heterocycles. The zero-order valence-corrected chi connectivity index (χ0v) is 22.3. The molecule has 2 fully saturated rings. The topological polar surface area (TPSA) is 91.5 Å². The Morgan fingerprint density at radius 1 is 1.05 bits per heavy atom. The molecule has 0 saturated carbocycles. The first-order chi connectivity index (χ1) is 18.3. The number of aromatic amines is 1. The summed E-state index contributed by atoms with van der Waals surface area (Å²) >= 11 is 0. The third-order valence-electron chi connectivity index (χ3n) is 7.99. The number of pyridine rings is 1. The zero-order valence-electron chi connectivity index (χ0n) is 21.5. The monoisotopic (exact) mass is 539 g/mol. The summed E-state index contributed by atoms with van der Waals surface area (Å²) in [4.78, 5) is 14.9. The Bertz CT molecular complexity index is 1420. The second-order valence-electron chi connectivity index (χ2n) is 10.3. The molecule has 2 aromatic carbocycles. The van der Waals surface area contributed by atoms with Crippen LogP contribution in [0.4, 0.5) is 4.39 Å². The van der Waals surface area contributed by atoms with Crippen LogP contribution in [0.15, 0.2) is 71.7 Å². The van der Waals surface area contributed by atoms with E-state index in [2.05, 4.69) is 10.3 Å². The van der Waals surface area contributed by atoms with Gasteiger partial charge in [-0.05, 0) is 55.9 Å². The summed E-state index contributed by atoms with van der Waals surface area (Å²) in [5, 5.41) is 2.88. The molecule has 3 heterocycles. The van der Waals surface area contributed by atoms with E-state index >= 15 is 4.39 Å². The molecule has 5 rings (SSSR count). The van der Waals surface area contributed by atoms with Crippen molar-refractivity contribution >= 4 is 10.0 Å². The number of nitrogens with one attached hydrogen (secondary N) is 2. The molecular weight excluding hydrogens is 505 g/mol. The maximum Gasteiger partial charge on any atom is 0.252 e. The van der Waals surface area contributed by atoms with Crippen molar-refractivity contribution in [2.45, 2.75) is 62.5 Å². The van der Waals surface area contributed by atoms with Gasteiger partial charge in [0.1, 0.15) is 11.1 Å². The predicted octanol–water partition coefficient (Wildman–Crippen LogP) is 4.36. The molecular formula is C29H34FN3O4S. The largest absolute Gasteiger partial charge is 0.381 e. The van der Waals surface area contributed by atoms with Crippen molar-refractivity contribution in [3.8, 4) is 0 Å². The lowest BCUT2D eigenvalue weighted by atomic mass is 9.82. The molecule has 2 aliphatic rings. The average Bonchev–Trinajstić information content (AvgIpc) is 2.92. The first-order valence-corrected chi connectivity index (χ1v) is 14.6. The molecule has 7 nitrogen and oxygen atoms in total. The standard InChI is InChI=1S/C29H34FN3O4S/c1-21-9-12-27(22-6-3-2-4-7-22)38(35,36)33(21)20-24-10-11-25(18-26(24)30)29(13-16-37-17-14-29)32-19-23-8-5-15-31-28(23)34/h2-8,10-11,15,18,21,27,32H,9,12-14,16-17,19-20H2,1H3,(H,31,34)/t21-,27+/m0/s1. The molecule has 0 spiro atoms. The number of sulfonamides is 1. The Labute approximate surface area is 223 Å². The van der Waals surface area contributed by atoms with Gasteiger partial charge in [-0.1, -0.05) is 48.5 Å². The molecule has 0 unspecified atom stereocenters. The van der Waals surface area contributed by atoms with Crippen LogP contribution in [0, 0.1) is 5.82 Å². The molecule has 9 heteroatoms. The molecule has 0 bridgehead atoms. The first-order valence-electron chi connectivity index (χ1n) is 13.1. The van der Waals surface area contributed by atoms with E-state index in [1.165, 1.54) is 10.4 Å². The van der Waals surface area contributed by atoms with Crippen LogP contribution in [0.25, 0.3) is 0 Å². The summed E-state index contributed by atoms with van der Waals surface area (Å²) in [5.74, 6) is -0.433. The van der Waals surface area contributed by atoms with Crippen molar-refractivity contribution in [3.05, 3.63) is 105 Å². The van der Waals surface area contributed by atoms with Crippen LogP contribution >= 0.6 is 0 Å². The molecule has 0 amide bonds. The van der Waals surface area contributed by atoms with Gasteiger partial charge in [-0.25, -0.2) is 12.8 Å². The predicted molar refractivity (Wildman–Crippen MR) is 144 cm³/mol. The number of aromatic nitrogens is 1. The second kappa shape index (κ2) is 11.1. The van der Waals surface area contributed by atoms with Crippen molar-refractivity contribution in [3.63, 3.8) is 0 Å². The van der Waals surface area contributed by atoms with Crippen LogP contribution < -0.4 is 10.9 Å². The molecule has 0 aliphatic carbocycles. The number of nitrogens with zero attached hydrogens (tertiary/aromatic N) is 1. The van der Waals surface area contributed by atoms with Gasteiger partial charge in [0.2, 0.25) is 10.0 Å². The minimum atomic E-state index is -3.66. The van der Waals surface area contributed by atoms with Gasteiger partial charge in [0.15, 0.2) is 0 Å². The minimum Gasteiger partial charge on any atom is -0.381 e. The highest BCUT2D eigenvalue weighted by atomic mass is 32.2. The number of hydrogen-bond acceptors (Lipinski definition) is 5. The molecule has 3 aromatic rings. The summed E-state index contributed by atoms with van der Waals surface area (Å²) in [6.45, 7) is 3.25. The van der Waals surface area contributed by atoms with Gasteiger partial charge in [-0.2, -0.15) is 4.31 Å². The zero-order chi connectivity index (χ0) is 26.8. The fourth-order valence-electron chi connectivity index (χ4n) is 5.64. The van der Waals surface area contributed by atoms with Crippen molar-refractivity contribution in [1.29, 1.82) is 0 Å².